The molecule has 3 rings (SSSR count). The molecular weight excluding hydrogens is 325 g/mol. The van der Waals surface area contributed by atoms with E-state index < -0.39 is 0 Å². The Labute approximate surface area is 125 Å². The molecule has 2 fully saturated rings. The van der Waals surface area contributed by atoms with E-state index in [1.165, 1.54) is 6.07 Å². The van der Waals surface area contributed by atoms with E-state index in [4.69, 9.17) is 0 Å². The van der Waals surface area contributed by atoms with Crippen molar-refractivity contribution in [2.75, 3.05) is 18.0 Å². The highest BCUT2D eigenvalue weighted by Crippen LogP contribution is 2.29. The molecule has 0 unspecified atom stereocenters. The molecule has 4 nitrogen and oxygen atoms in total. The van der Waals surface area contributed by atoms with E-state index in [0.29, 0.717) is 10.3 Å². The number of nitrogens with one attached hydrogen (secondary N) is 1. The smallest absolute Gasteiger partial charge is 0.223 e. The van der Waals surface area contributed by atoms with Crippen LogP contribution in [0.3, 0.4) is 0 Å². The summed E-state index contributed by atoms with van der Waals surface area (Å²) in [6.45, 7) is 1.45. The SMILES string of the molecule is O=C(NC1CCN(c2ncc(Br)cc2F)CC1)C1CC1. The van der Waals surface area contributed by atoms with Crippen molar-refractivity contribution in [3.8, 4) is 0 Å². The van der Waals surface area contributed by atoms with Gasteiger partial charge in [-0.05, 0) is 47.7 Å². The highest BCUT2D eigenvalue weighted by molar-refractivity contribution is 9.10. The summed E-state index contributed by atoms with van der Waals surface area (Å²) in [4.78, 5) is 17.8. The first kappa shape index (κ1) is 13.8. The van der Waals surface area contributed by atoms with E-state index in [1.54, 1.807) is 6.20 Å². The zero-order valence-electron chi connectivity index (χ0n) is 11.1. The summed E-state index contributed by atoms with van der Waals surface area (Å²) in [6, 6.07) is 1.65. The maximum absolute atomic E-state index is 13.9. The Bertz CT molecular complexity index is 513. The molecule has 0 spiro atoms. The Morgan fingerprint density at radius 1 is 1.35 bits per heavy atom. The number of aromatic nitrogens is 1. The zero-order chi connectivity index (χ0) is 14.1. The van der Waals surface area contributed by atoms with E-state index in [1.807, 2.05) is 4.90 Å². The van der Waals surface area contributed by atoms with Crippen molar-refractivity contribution in [2.24, 2.45) is 5.92 Å². The lowest BCUT2D eigenvalue weighted by atomic mass is 10.0. The largest absolute Gasteiger partial charge is 0.354 e. The van der Waals surface area contributed by atoms with Crippen LogP contribution in [-0.4, -0.2) is 30.0 Å². The Balaban J connectivity index is 1.56. The van der Waals surface area contributed by atoms with E-state index in [2.05, 4.69) is 26.2 Å². The fraction of sp³-hybridized carbons (Fsp3) is 0.571. The van der Waals surface area contributed by atoms with Crippen molar-refractivity contribution in [2.45, 2.75) is 31.7 Å². The molecule has 2 aliphatic rings. The van der Waals surface area contributed by atoms with Crippen molar-refractivity contribution in [1.29, 1.82) is 0 Å². The van der Waals surface area contributed by atoms with Gasteiger partial charge in [-0.15, -0.1) is 0 Å². The molecule has 2 heterocycles. The lowest BCUT2D eigenvalue weighted by Crippen LogP contribution is -2.45. The number of nitrogens with zero attached hydrogens (tertiary/aromatic N) is 2. The van der Waals surface area contributed by atoms with Crippen LogP contribution in [0.5, 0.6) is 0 Å². The molecule has 1 aliphatic carbocycles. The molecule has 1 amide bonds. The van der Waals surface area contributed by atoms with Gasteiger partial charge in [0.05, 0.1) is 0 Å². The summed E-state index contributed by atoms with van der Waals surface area (Å²) in [5.74, 6) is 0.537. The second-order valence-electron chi connectivity index (χ2n) is 5.50. The fourth-order valence-corrected chi connectivity index (χ4v) is 2.84. The Morgan fingerprint density at radius 2 is 2.05 bits per heavy atom. The molecule has 1 saturated heterocycles. The normalized spacial score (nSPS) is 20.0. The molecule has 0 atom stereocenters. The highest BCUT2D eigenvalue weighted by Gasteiger charge is 2.32. The molecule has 1 N–H and O–H groups in total. The lowest BCUT2D eigenvalue weighted by molar-refractivity contribution is -0.123. The Kier molecular flexibility index (Phi) is 3.92. The molecule has 1 aliphatic heterocycles. The summed E-state index contributed by atoms with van der Waals surface area (Å²) < 4.78 is 14.5. The third-order valence-corrected chi connectivity index (χ3v) is 4.31. The molecule has 108 valence electrons. The van der Waals surface area contributed by atoms with Crippen molar-refractivity contribution >= 4 is 27.7 Å². The number of anilines is 1. The number of pyridine rings is 1. The monoisotopic (exact) mass is 341 g/mol. The van der Waals surface area contributed by atoms with Crippen molar-refractivity contribution in [1.82, 2.24) is 10.3 Å². The van der Waals surface area contributed by atoms with Crippen LogP contribution in [0.15, 0.2) is 16.7 Å². The second-order valence-corrected chi connectivity index (χ2v) is 6.42. The second kappa shape index (κ2) is 5.68. The number of carbonyl (C=O) groups excluding carboxylic acids is 1. The summed E-state index contributed by atoms with van der Waals surface area (Å²) in [5.41, 5.74) is 0. The van der Waals surface area contributed by atoms with Crippen LogP contribution in [0.1, 0.15) is 25.7 Å². The summed E-state index contributed by atoms with van der Waals surface area (Å²) >= 11 is 3.21. The minimum atomic E-state index is -0.306. The van der Waals surface area contributed by atoms with Crippen LogP contribution in [0.2, 0.25) is 0 Å². The molecule has 6 heteroatoms. The standard InChI is InChI=1S/C14H17BrFN3O/c15-10-7-12(16)13(17-8-10)19-5-3-11(4-6-19)18-14(20)9-1-2-9/h7-9,11H,1-6H2,(H,18,20). The number of hydrogen-bond acceptors (Lipinski definition) is 3. The van der Waals surface area contributed by atoms with Gasteiger partial charge < -0.3 is 10.2 Å². The molecule has 0 bridgehead atoms. The quantitative estimate of drug-likeness (QED) is 0.918. The van der Waals surface area contributed by atoms with Gasteiger partial charge in [0.1, 0.15) is 0 Å². The number of halogens is 2. The predicted octanol–water partition coefficient (Wildman–Crippen LogP) is 2.48. The van der Waals surface area contributed by atoms with Crippen LogP contribution < -0.4 is 10.2 Å². The number of rotatable bonds is 3. The number of piperidine rings is 1. The lowest BCUT2D eigenvalue weighted by Gasteiger charge is -2.33. The summed E-state index contributed by atoms with van der Waals surface area (Å²) in [5, 5.41) is 3.09. The molecule has 1 aromatic heterocycles. The first-order chi connectivity index (χ1) is 9.63. The van der Waals surface area contributed by atoms with Crippen molar-refractivity contribution < 1.29 is 9.18 Å². The van der Waals surface area contributed by atoms with Gasteiger partial charge in [-0.1, -0.05) is 0 Å². The van der Waals surface area contributed by atoms with Gasteiger partial charge in [-0.3, -0.25) is 4.79 Å². The first-order valence-corrected chi connectivity index (χ1v) is 7.79. The van der Waals surface area contributed by atoms with E-state index in [0.717, 1.165) is 38.8 Å². The van der Waals surface area contributed by atoms with E-state index in [9.17, 15) is 9.18 Å². The maximum atomic E-state index is 13.9. The first-order valence-electron chi connectivity index (χ1n) is 7.00. The minimum absolute atomic E-state index is 0.191. The molecule has 1 saturated carbocycles. The average molecular weight is 342 g/mol. The van der Waals surface area contributed by atoms with Gasteiger partial charge in [0.25, 0.3) is 0 Å². The topological polar surface area (TPSA) is 45.2 Å². The van der Waals surface area contributed by atoms with E-state index in [-0.39, 0.29) is 23.7 Å². The molecule has 1 aromatic rings. The van der Waals surface area contributed by atoms with Crippen LogP contribution in [0, 0.1) is 11.7 Å². The van der Waals surface area contributed by atoms with Gasteiger partial charge in [0, 0.05) is 35.7 Å². The molecule has 20 heavy (non-hydrogen) atoms. The summed E-state index contributed by atoms with van der Waals surface area (Å²) in [6.07, 6.45) is 5.35. The predicted molar refractivity (Wildman–Crippen MR) is 78.0 cm³/mol. The highest BCUT2D eigenvalue weighted by atomic mass is 79.9. The zero-order valence-corrected chi connectivity index (χ0v) is 12.7. The van der Waals surface area contributed by atoms with Crippen molar-refractivity contribution in [3.05, 3.63) is 22.6 Å². The summed E-state index contributed by atoms with van der Waals surface area (Å²) in [7, 11) is 0. The van der Waals surface area contributed by atoms with Gasteiger partial charge >= 0.3 is 0 Å². The molecular formula is C14H17BrFN3O. The van der Waals surface area contributed by atoms with Crippen LogP contribution in [-0.2, 0) is 4.79 Å². The number of amides is 1. The Morgan fingerprint density at radius 3 is 2.65 bits per heavy atom. The van der Waals surface area contributed by atoms with Gasteiger partial charge in [0.15, 0.2) is 11.6 Å². The third kappa shape index (κ3) is 3.11. The molecule has 0 radical (unpaired) electrons. The maximum Gasteiger partial charge on any atom is 0.223 e. The van der Waals surface area contributed by atoms with Gasteiger partial charge in [-0.2, -0.15) is 0 Å². The fourth-order valence-electron chi connectivity index (χ4n) is 2.54. The Hall–Kier alpha value is -1.17. The van der Waals surface area contributed by atoms with Crippen molar-refractivity contribution in [3.63, 3.8) is 0 Å². The minimum Gasteiger partial charge on any atom is -0.354 e. The number of hydrogen-bond donors (Lipinski definition) is 1. The number of carbonyl (C=O) groups is 1. The van der Waals surface area contributed by atoms with Gasteiger partial charge in [-0.25, -0.2) is 9.37 Å². The average Bonchev–Trinajstić information content (AvgIpc) is 3.24. The third-order valence-electron chi connectivity index (χ3n) is 3.88. The van der Waals surface area contributed by atoms with Crippen LogP contribution >= 0.6 is 15.9 Å². The van der Waals surface area contributed by atoms with Crippen LogP contribution in [0.4, 0.5) is 10.2 Å². The van der Waals surface area contributed by atoms with Gasteiger partial charge in [0.2, 0.25) is 5.91 Å². The van der Waals surface area contributed by atoms with Crippen LogP contribution in [0.25, 0.3) is 0 Å². The molecule has 0 aromatic carbocycles. The van der Waals surface area contributed by atoms with E-state index >= 15 is 0 Å².